The van der Waals surface area contributed by atoms with Crippen LogP contribution in [0.25, 0.3) is 6.08 Å². The lowest BCUT2D eigenvalue weighted by atomic mass is 9.84. The molecule has 0 unspecified atom stereocenters. The molecule has 0 spiro atoms. The number of hydrogen-bond donors (Lipinski definition) is 0. The lowest BCUT2D eigenvalue weighted by Crippen LogP contribution is -2.28. The normalized spacial score (nSPS) is 12.4. The van der Waals surface area contributed by atoms with Gasteiger partial charge in [0.2, 0.25) is 0 Å². The summed E-state index contributed by atoms with van der Waals surface area (Å²) in [5.41, 5.74) is -2.49. The predicted octanol–water partition coefficient (Wildman–Crippen LogP) is 6.13. The average molecular weight is 432 g/mol. The first-order chi connectivity index (χ1) is 14.2. The molecule has 0 fully saturated rings. The van der Waals surface area contributed by atoms with Gasteiger partial charge in [-0.2, -0.15) is 21.6 Å². The van der Waals surface area contributed by atoms with Crippen LogP contribution >= 0.6 is 0 Å². The molecule has 0 heterocycles. The van der Waals surface area contributed by atoms with Crippen LogP contribution in [-0.4, -0.2) is 13.9 Å². The van der Waals surface area contributed by atoms with Gasteiger partial charge in [0.15, 0.2) is 0 Å². The van der Waals surface area contributed by atoms with E-state index in [9.17, 15) is 21.6 Å². The molecule has 3 nitrogen and oxygen atoms in total. The third kappa shape index (κ3) is 4.74. The summed E-state index contributed by atoms with van der Waals surface area (Å²) < 4.78 is 65.6. The fourth-order valence-electron chi connectivity index (χ4n) is 3.17. The molecule has 0 bridgehead atoms. The van der Waals surface area contributed by atoms with Gasteiger partial charge in [0.25, 0.3) is 0 Å². The van der Waals surface area contributed by atoms with E-state index in [-0.39, 0.29) is 17.2 Å². The largest absolute Gasteiger partial charge is 0.534 e. The molecule has 0 aliphatic rings. The lowest BCUT2D eigenvalue weighted by Gasteiger charge is -2.20. The van der Waals surface area contributed by atoms with Gasteiger partial charge in [0.05, 0.1) is 0 Å². The fourth-order valence-corrected chi connectivity index (χ4v) is 3.65. The Kier molecular flexibility index (Phi) is 6.31. The highest BCUT2D eigenvalue weighted by molar-refractivity contribution is 7.88. The van der Waals surface area contributed by atoms with Crippen LogP contribution in [0.4, 0.5) is 13.2 Å². The summed E-state index contributed by atoms with van der Waals surface area (Å²) in [6.45, 7) is 1.68. The molecule has 7 heteroatoms. The molecule has 0 saturated heterocycles. The van der Waals surface area contributed by atoms with Crippen molar-refractivity contribution in [1.29, 1.82) is 0 Å². The quantitative estimate of drug-likeness (QED) is 0.267. The smallest absolute Gasteiger partial charge is 0.375 e. The van der Waals surface area contributed by atoms with Gasteiger partial charge in [0, 0.05) is 11.5 Å². The maximum atomic E-state index is 12.8. The zero-order chi connectivity index (χ0) is 21.8. The van der Waals surface area contributed by atoms with E-state index in [4.69, 9.17) is 0 Å². The minimum absolute atomic E-state index is 0.190. The van der Waals surface area contributed by atoms with Crippen molar-refractivity contribution < 1.29 is 25.8 Å². The van der Waals surface area contributed by atoms with Crippen molar-refractivity contribution in [3.8, 4) is 5.75 Å². The van der Waals surface area contributed by atoms with E-state index in [1.807, 2.05) is 60.7 Å². The molecule has 156 valence electrons. The Bertz CT molecular complexity index is 1080. The third-order valence-electron chi connectivity index (χ3n) is 4.46. The van der Waals surface area contributed by atoms with Crippen LogP contribution in [0.1, 0.15) is 35.1 Å². The highest BCUT2D eigenvalue weighted by atomic mass is 32.2. The lowest BCUT2D eigenvalue weighted by molar-refractivity contribution is -0.0500. The van der Waals surface area contributed by atoms with Gasteiger partial charge in [0.1, 0.15) is 5.75 Å². The van der Waals surface area contributed by atoms with E-state index in [0.29, 0.717) is 0 Å². The van der Waals surface area contributed by atoms with Gasteiger partial charge in [-0.1, -0.05) is 78.9 Å². The van der Waals surface area contributed by atoms with Crippen molar-refractivity contribution in [2.75, 3.05) is 0 Å². The molecule has 0 aliphatic heterocycles. The molecule has 30 heavy (non-hydrogen) atoms. The van der Waals surface area contributed by atoms with Gasteiger partial charge < -0.3 is 4.18 Å². The standard InChI is InChI=1S/C23H19F3O3S/c1-2-9-19-16-20(14-15-21(19)29-30(27,28)23(24,25)26)22(17-10-5-3-6-11-17)18-12-7-4-8-13-18/h2-16,22H,1H3. The van der Waals surface area contributed by atoms with Crippen LogP contribution in [-0.2, 0) is 10.1 Å². The van der Waals surface area contributed by atoms with Crippen molar-refractivity contribution in [3.05, 3.63) is 107 Å². The van der Waals surface area contributed by atoms with Gasteiger partial charge >= 0.3 is 15.6 Å². The number of alkyl halides is 3. The summed E-state index contributed by atoms with van der Waals surface area (Å²) in [5, 5.41) is 0. The molecule has 0 amide bonds. The first kappa shape index (κ1) is 21.6. The molecule has 0 atom stereocenters. The van der Waals surface area contributed by atoms with Crippen LogP contribution in [0, 0.1) is 0 Å². The maximum Gasteiger partial charge on any atom is 0.534 e. The SMILES string of the molecule is CC=Cc1cc(C(c2ccccc2)c2ccccc2)ccc1OS(=O)(=O)C(F)(F)F. The molecular weight excluding hydrogens is 413 g/mol. The highest BCUT2D eigenvalue weighted by Crippen LogP contribution is 2.36. The molecule has 3 rings (SSSR count). The van der Waals surface area contributed by atoms with E-state index < -0.39 is 15.6 Å². The van der Waals surface area contributed by atoms with Crippen molar-refractivity contribution in [2.45, 2.75) is 18.3 Å². The minimum Gasteiger partial charge on any atom is -0.375 e. The Labute approximate surface area is 173 Å². The van der Waals surface area contributed by atoms with E-state index in [2.05, 4.69) is 4.18 Å². The highest BCUT2D eigenvalue weighted by Gasteiger charge is 2.48. The summed E-state index contributed by atoms with van der Waals surface area (Å²) in [6.07, 6.45) is 3.12. The Hall–Kier alpha value is -3.06. The molecule has 3 aromatic rings. The topological polar surface area (TPSA) is 43.4 Å². The average Bonchev–Trinajstić information content (AvgIpc) is 2.71. The zero-order valence-electron chi connectivity index (χ0n) is 16.0. The van der Waals surface area contributed by atoms with Crippen LogP contribution in [0.2, 0.25) is 0 Å². The molecule has 0 aromatic heterocycles. The maximum absolute atomic E-state index is 12.8. The molecule has 3 aromatic carbocycles. The summed E-state index contributed by atoms with van der Waals surface area (Å²) in [5.74, 6) is -0.571. The molecule has 0 N–H and O–H groups in total. The summed E-state index contributed by atoms with van der Waals surface area (Å²) in [7, 11) is -5.76. The van der Waals surface area contributed by atoms with Crippen molar-refractivity contribution in [1.82, 2.24) is 0 Å². The van der Waals surface area contributed by atoms with E-state index >= 15 is 0 Å². The Balaban J connectivity index is 2.11. The number of benzene rings is 3. The second-order valence-corrected chi connectivity index (χ2v) is 8.07. The van der Waals surface area contributed by atoms with Gasteiger partial charge in [-0.15, -0.1) is 0 Å². The first-order valence-electron chi connectivity index (χ1n) is 9.10. The monoisotopic (exact) mass is 432 g/mol. The van der Waals surface area contributed by atoms with Crippen molar-refractivity contribution in [2.24, 2.45) is 0 Å². The van der Waals surface area contributed by atoms with Crippen LogP contribution < -0.4 is 4.18 Å². The summed E-state index contributed by atoms with van der Waals surface area (Å²) >= 11 is 0. The number of hydrogen-bond acceptors (Lipinski definition) is 3. The fraction of sp³-hybridized carbons (Fsp3) is 0.130. The first-order valence-corrected chi connectivity index (χ1v) is 10.5. The van der Waals surface area contributed by atoms with E-state index in [0.717, 1.165) is 16.7 Å². The van der Waals surface area contributed by atoms with Crippen LogP contribution in [0.5, 0.6) is 5.75 Å². The summed E-state index contributed by atoms with van der Waals surface area (Å²) in [6, 6.07) is 23.8. The number of halogens is 3. The number of rotatable bonds is 6. The molecule has 0 radical (unpaired) electrons. The second-order valence-electron chi connectivity index (χ2n) is 6.53. The van der Waals surface area contributed by atoms with Crippen LogP contribution in [0.3, 0.4) is 0 Å². The van der Waals surface area contributed by atoms with Crippen LogP contribution in [0.15, 0.2) is 84.9 Å². The minimum atomic E-state index is -5.76. The number of allylic oxidation sites excluding steroid dienone is 1. The Morgan fingerprint density at radius 1 is 0.833 bits per heavy atom. The van der Waals surface area contributed by atoms with Gasteiger partial charge in [-0.05, 0) is 35.7 Å². The van der Waals surface area contributed by atoms with Crippen molar-refractivity contribution >= 4 is 16.2 Å². The summed E-state index contributed by atoms with van der Waals surface area (Å²) in [4.78, 5) is 0. The van der Waals surface area contributed by atoms with E-state index in [1.165, 1.54) is 12.1 Å². The van der Waals surface area contributed by atoms with Gasteiger partial charge in [-0.25, -0.2) is 0 Å². The Morgan fingerprint density at radius 2 is 1.37 bits per heavy atom. The molecular formula is C23H19F3O3S. The molecule has 0 saturated carbocycles. The third-order valence-corrected chi connectivity index (χ3v) is 5.43. The van der Waals surface area contributed by atoms with Crippen molar-refractivity contribution in [3.63, 3.8) is 0 Å². The zero-order valence-corrected chi connectivity index (χ0v) is 16.8. The van der Waals surface area contributed by atoms with E-state index in [1.54, 1.807) is 25.1 Å². The van der Waals surface area contributed by atoms with Gasteiger partial charge in [-0.3, -0.25) is 0 Å². The Morgan fingerprint density at radius 3 is 1.83 bits per heavy atom. The predicted molar refractivity (Wildman–Crippen MR) is 111 cm³/mol. The second kappa shape index (κ2) is 8.75. The molecule has 0 aliphatic carbocycles.